The summed E-state index contributed by atoms with van der Waals surface area (Å²) in [6.07, 6.45) is -0.329. The lowest BCUT2D eigenvalue weighted by atomic mass is 10.4. The molecule has 1 atom stereocenters. The van der Waals surface area contributed by atoms with Crippen LogP contribution in [0, 0.1) is 0 Å². The second-order valence-electron chi connectivity index (χ2n) is 2.37. The average Bonchev–Trinajstić information content (AvgIpc) is 2.01. The summed E-state index contributed by atoms with van der Waals surface area (Å²) in [6, 6.07) is 1.01. The first-order chi connectivity index (χ1) is 5.63. The van der Waals surface area contributed by atoms with E-state index in [1.54, 1.807) is 6.92 Å². The molecule has 1 heterocycles. The first-order valence-corrected chi connectivity index (χ1v) is 3.46. The predicted molar refractivity (Wildman–Crippen MR) is 41.9 cm³/mol. The van der Waals surface area contributed by atoms with Gasteiger partial charge in [0, 0.05) is 7.11 Å². The Labute approximate surface area is 69.0 Å². The van der Waals surface area contributed by atoms with E-state index in [0.717, 1.165) is 6.07 Å². The van der Waals surface area contributed by atoms with Gasteiger partial charge in [0.05, 0.1) is 6.07 Å². The Kier molecular flexibility index (Phi) is 2.44. The van der Waals surface area contributed by atoms with Crippen LogP contribution < -0.4 is 5.56 Å². The minimum absolute atomic E-state index is 0.294. The highest BCUT2D eigenvalue weighted by Crippen LogP contribution is 2.10. The summed E-state index contributed by atoms with van der Waals surface area (Å²) in [5.74, 6) is 0.0279. The molecule has 5 heteroatoms. The number of nitrogens with one attached hydrogen (secondary N) is 1. The van der Waals surface area contributed by atoms with Gasteiger partial charge in [0.25, 0.3) is 5.56 Å². The maximum Gasteiger partial charge on any atom is 0.254 e. The predicted octanol–water partition coefficient (Wildman–Crippen LogP) is 0.183. The molecular weight excluding hydrogens is 160 g/mol. The number of hydrogen-bond donors (Lipinski definition) is 2. The normalized spacial score (nSPS) is 12.8. The molecule has 2 N–H and O–H groups in total. The van der Waals surface area contributed by atoms with Gasteiger partial charge in [-0.3, -0.25) is 4.79 Å². The standard InChI is InChI=1S/C7H10N2O3/c1-4(12-2)7-8-5(10)3-6(11)9-7/h3-4H,1-2H3,(H2,8,9,10,11). The summed E-state index contributed by atoms with van der Waals surface area (Å²) in [4.78, 5) is 16.9. The molecule has 0 fully saturated rings. The summed E-state index contributed by atoms with van der Waals surface area (Å²) in [5.41, 5.74) is -0.388. The molecule has 1 aromatic heterocycles. The molecule has 1 rings (SSSR count). The van der Waals surface area contributed by atoms with Crippen LogP contribution in [0.4, 0.5) is 0 Å². The Morgan fingerprint density at radius 1 is 1.75 bits per heavy atom. The van der Waals surface area contributed by atoms with Gasteiger partial charge in [0.2, 0.25) is 5.88 Å². The minimum atomic E-state index is -0.388. The van der Waals surface area contributed by atoms with Gasteiger partial charge in [-0.1, -0.05) is 0 Å². The lowest BCUT2D eigenvalue weighted by Gasteiger charge is -2.07. The number of methoxy groups -OCH3 is 1. The van der Waals surface area contributed by atoms with Crippen LogP contribution in [0.3, 0.4) is 0 Å². The summed E-state index contributed by atoms with van der Waals surface area (Å²) >= 11 is 0. The summed E-state index contributed by atoms with van der Waals surface area (Å²) in [6.45, 7) is 1.72. The van der Waals surface area contributed by atoms with Crippen LogP contribution in [0.1, 0.15) is 18.9 Å². The number of rotatable bonds is 2. The zero-order valence-electron chi connectivity index (χ0n) is 6.87. The Morgan fingerprint density at radius 3 is 2.92 bits per heavy atom. The van der Waals surface area contributed by atoms with Gasteiger partial charge < -0.3 is 14.8 Å². The van der Waals surface area contributed by atoms with Crippen LogP contribution >= 0.6 is 0 Å². The molecule has 0 radical (unpaired) electrons. The maximum atomic E-state index is 10.8. The van der Waals surface area contributed by atoms with Crippen molar-refractivity contribution in [3.8, 4) is 5.88 Å². The van der Waals surface area contributed by atoms with Gasteiger partial charge in [-0.15, -0.1) is 0 Å². The smallest absolute Gasteiger partial charge is 0.254 e. The van der Waals surface area contributed by atoms with Gasteiger partial charge in [-0.25, -0.2) is 0 Å². The van der Waals surface area contributed by atoms with Crippen molar-refractivity contribution in [1.29, 1.82) is 0 Å². The molecule has 0 aliphatic heterocycles. The van der Waals surface area contributed by atoms with Crippen LogP contribution in [0.25, 0.3) is 0 Å². The molecule has 0 aromatic carbocycles. The number of aromatic nitrogens is 2. The highest BCUT2D eigenvalue weighted by atomic mass is 16.5. The van der Waals surface area contributed by atoms with E-state index in [9.17, 15) is 4.79 Å². The zero-order chi connectivity index (χ0) is 9.14. The number of nitrogens with zero attached hydrogens (tertiary/aromatic N) is 1. The van der Waals surface area contributed by atoms with Crippen molar-refractivity contribution < 1.29 is 9.84 Å². The Balaban J connectivity index is 3.08. The van der Waals surface area contributed by atoms with Crippen molar-refractivity contribution >= 4 is 0 Å². The molecule has 0 saturated carbocycles. The fourth-order valence-electron chi connectivity index (χ4n) is 0.767. The van der Waals surface area contributed by atoms with Gasteiger partial charge in [0.1, 0.15) is 11.9 Å². The van der Waals surface area contributed by atoms with Gasteiger partial charge >= 0.3 is 0 Å². The number of ether oxygens (including phenoxy) is 1. The molecule has 0 saturated heterocycles. The van der Waals surface area contributed by atoms with E-state index in [1.165, 1.54) is 7.11 Å². The molecule has 12 heavy (non-hydrogen) atoms. The van der Waals surface area contributed by atoms with Gasteiger partial charge in [-0.2, -0.15) is 4.98 Å². The lowest BCUT2D eigenvalue weighted by Crippen LogP contribution is -2.12. The quantitative estimate of drug-likeness (QED) is 0.664. The van der Waals surface area contributed by atoms with E-state index in [0.29, 0.717) is 5.82 Å². The second-order valence-corrected chi connectivity index (χ2v) is 2.37. The summed E-state index contributed by atoms with van der Waals surface area (Å²) in [7, 11) is 1.49. The topological polar surface area (TPSA) is 75.2 Å². The third kappa shape index (κ3) is 1.82. The third-order valence-electron chi connectivity index (χ3n) is 1.49. The van der Waals surface area contributed by atoms with E-state index in [2.05, 4.69) is 9.97 Å². The highest BCUT2D eigenvalue weighted by Gasteiger charge is 2.07. The molecule has 0 bridgehead atoms. The number of aromatic hydroxyl groups is 1. The molecule has 0 amide bonds. The van der Waals surface area contributed by atoms with Crippen LogP contribution in [-0.2, 0) is 4.74 Å². The molecule has 0 aliphatic carbocycles. The van der Waals surface area contributed by atoms with E-state index >= 15 is 0 Å². The molecule has 1 unspecified atom stereocenters. The fraction of sp³-hybridized carbons (Fsp3) is 0.429. The number of aromatic amines is 1. The second kappa shape index (κ2) is 3.36. The van der Waals surface area contributed by atoms with E-state index in [1.807, 2.05) is 0 Å². The van der Waals surface area contributed by atoms with Crippen LogP contribution in [0.2, 0.25) is 0 Å². The van der Waals surface area contributed by atoms with Crippen molar-refractivity contribution in [2.24, 2.45) is 0 Å². The van der Waals surface area contributed by atoms with E-state index < -0.39 is 0 Å². The minimum Gasteiger partial charge on any atom is -0.493 e. The van der Waals surface area contributed by atoms with Crippen LogP contribution in [0.15, 0.2) is 10.9 Å². The molecule has 66 valence electrons. The average molecular weight is 170 g/mol. The maximum absolute atomic E-state index is 10.8. The largest absolute Gasteiger partial charge is 0.493 e. The Hall–Kier alpha value is -1.36. The van der Waals surface area contributed by atoms with E-state index in [-0.39, 0.29) is 17.5 Å². The first-order valence-electron chi connectivity index (χ1n) is 3.46. The third-order valence-corrected chi connectivity index (χ3v) is 1.49. The Morgan fingerprint density at radius 2 is 2.42 bits per heavy atom. The van der Waals surface area contributed by atoms with Crippen molar-refractivity contribution in [2.45, 2.75) is 13.0 Å². The SMILES string of the molecule is COC(C)c1nc(O)cc(=O)[nH]1. The molecule has 0 aliphatic rings. The van der Waals surface area contributed by atoms with Crippen LogP contribution in [-0.4, -0.2) is 22.2 Å². The Bertz CT molecular complexity index is 321. The molecule has 5 nitrogen and oxygen atoms in total. The van der Waals surface area contributed by atoms with Gasteiger partial charge in [-0.05, 0) is 6.92 Å². The number of hydrogen-bond acceptors (Lipinski definition) is 4. The summed E-state index contributed by atoms with van der Waals surface area (Å²) in [5, 5.41) is 8.95. The van der Waals surface area contributed by atoms with E-state index in [4.69, 9.17) is 9.84 Å². The zero-order valence-corrected chi connectivity index (χ0v) is 6.87. The van der Waals surface area contributed by atoms with Crippen molar-refractivity contribution in [2.75, 3.05) is 7.11 Å². The molecular formula is C7H10N2O3. The number of H-pyrrole nitrogens is 1. The summed E-state index contributed by atoms with van der Waals surface area (Å²) < 4.78 is 4.90. The van der Waals surface area contributed by atoms with Gasteiger partial charge in [0.15, 0.2) is 0 Å². The van der Waals surface area contributed by atoms with Crippen molar-refractivity contribution in [3.05, 3.63) is 22.2 Å². The van der Waals surface area contributed by atoms with Crippen LogP contribution in [0.5, 0.6) is 5.88 Å². The highest BCUT2D eigenvalue weighted by molar-refractivity contribution is 5.07. The van der Waals surface area contributed by atoms with Crippen molar-refractivity contribution in [1.82, 2.24) is 9.97 Å². The fourth-order valence-corrected chi connectivity index (χ4v) is 0.767. The first kappa shape index (κ1) is 8.73. The molecule has 0 spiro atoms. The van der Waals surface area contributed by atoms with Crippen molar-refractivity contribution in [3.63, 3.8) is 0 Å². The monoisotopic (exact) mass is 170 g/mol. The molecule has 1 aromatic rings. The lowest BCUT2D eigenvalue weighted by molar-refractivity contribution is 0.111.